The molecular weight excluding hydrogens is 248 g/mol. The molecule has 7 heteroatoms. The van der Waals surface area contributed by atoms with Gasteiger partial charge in [-0.2, -0.15) is 0 Å². The van der Waals surface area contributed by atoms with E-state index < -0.39 is 5.91 Å². The summed E-state index contributed by atoms with van der Waals surface area (Å²) in [5.74, 6) is 0.485. The van der Waals surface area contributed by atoms with Gasteiger partial charge >= 0.3 is 0 Å². The third-order valence-corrected chi connectivity index (χ3v) is 2.90. The molecule has 1 fully saturated rings. The van der Waals surface area contributed by atoms with Crippen molar-refractivity contribution in [2.24, 2.45) is 16.5 Å². The molecule has 2 heterocycles. The fraction of sp³-hybridized carbons (Fsp3) is 0.500. The van der Waals surface area contributed by atoms with Crippen LogP contribution < -0.4 is 11.5 Å². The van der Waals surface area contributed by atoms with E-state index in [0.29, 0.717) is 23.9 Å². The number of furan rings is 1. The molecule has 0 aromatic carbocycles. The topological polar surface area (TPSA) is 107 Å². The van der Waals surface area contributed by atoms with Crippen LogP contribution in [0.2, 0.25) is 0 Å². The van der Waals surface area contributed by atoms with E-state index in [1.165, 1.54) is 6.26 Å². The van der Waals surface area contributed by atoms with Crippen molar-refractivity contribution in [1.82, 2.24) is 4.90 Å². The highest BCUT2D eigenvalue weighted by Gasteiger charge is 2.18. The predicted molar refractivity (Wildman–Crippen MR) is 69.5 cm³/mol. The fourth-order valence-electron chi connectivity index (χ4n) is 1.88. The second kappa shape index (κ2) is 5.75. The van der Waals surface area contributed by atoms with Gasteiger partial charge in [-0.05, 0) is 13.0 Å². The molecule has 0 radical (unpaired) electrons. The van der Waals surface area contributed by atoms with Gasteiger partial charge in [0.15, 0.2) is 5.96 Å². The first-order valence-electron chi connectivity index (χ1n) is 6.10. The normalized spacial score (nSPS) is 20.6. The van der Waals surface area contributed by atoms with Gasteiger partial charge in [0.2, 0.25) is 0 Å². The van der Waals surface area contributed by atoms with Crippen LogP contribution in [-0.4, -0.2) is 42.6 Å². The first-order valence-corrected chi connectivity index (χ1v) is 6.10. The van der Waals surface area contributed by atoms with Gasteiger partial charge in [0, 0.05) is 13.1 Å². The smallest absolute Gasteiger partial charge is 0.251 e. The van der Waals surface area contributed by atoms with Crippen molar-refractivity contribution in [3.8, 4) is 0 Å². The number of hydrogen-bond acceptors (Lipinski definition) is 4. The molecule has 1 unspecified atom stereocenters. The van der Waals surface area contributed by atoms with Crippen LogP contribution in [-0.2, 0) is 11.3 Å². The zero-order valence-electron chi connectivity index (χ0n) is 10.8. The summed E-state index contributed by atoms with van der Waals surface area (Å²) in [5, 5.41) is 0. The van der Waals surface area contributed by atoms with Gasteiger partial charge < -0.3 is 25.5 Å². The van der Waals surface area contributed by atoms with E-state index >= 15 is 0 Å². The van der Waals surface area contributed by atoms with Crippen LogP contribution >= 0.6 is 0 Å². The zero-order valence-corrected chi connectivity index (χ0v) is 10.8. The Kier molecular flexibility index (Phi) is 4.06. The molecule has 1 aromatic rings. The summed E-state index contributed by atoms with van der Waals surface area (Å²) >= 11 is 0. The molecule has 0 spiro atoms. The average Bonchev–Trinajstić information content (AvgIpc) is 2.85. The van der Waals surface area contributed by atoms with Crippen LogP contribution in [0.25, 0.3) is 0 Å². The van der Waals surface area contributed by atoms with E-state index in [1.54, 1.807) is 6.07 Å². The lowest BCUT2D eigenvalue weighted by Crippen LogP contribution is -2.47. The molecule has 0 aliphatic carbocycles. The largest absolute Gasteiger partial charge is 0.467 e. The Morgan fingerprint density at radius 2 is 2.37 bits per heavy atom. The van der Waals surface area contributed by atoms with Gasteiger partial charge in [0.25, 0.3) is 5.91 Å². The molecule has 1 atom stereocenters. The standard InChI is InChI=1S/C12H18N4O3/c1-8-6-16(2-3-18-8)12(14)15-5-10-4-9(7-19-10)11(13)17/h4,7-8H,2-3,5-6H2,1H3,(H2,13,17)(H2,14,15). The van der Waals surface area contributed by atoms with Gasteiger partial charge in [0.1, 0.15) is 18.6 Å². The van der Waals surface area contributed by atoms with Gasteiger partial charge in [-0.1, -0.05) is 0 Å². The minimum absolute atomic E-state index is 0.146. The van der Waals surface area contributed by atoms with Gasteiger partial charge in [-0.25, -0.2) is 4.99 Å². The van der Waals surface area contributed by atoms with E-state index in [0.717, 1.165) is 13.1 Å². The highest BCUT2D eigenvalue weighted by Crippen LogP contribution is 2.09. The third kappa shape index (κ3) is 3.47. The number of morpholine rings is 1. The number of nitrogens with two attached hydrogens (primary N) is 2. The number of amides is 1. The van der Waals surface area contributed by atoms with Gasteiger partial charge in [-0.15, -0.1) is 0 Å². The summed E-state index contributed by atoms with van der Waals surface area (Å²) < 4.78 is 10.6. The molecule has 0 saturated carbocycles. The first kappa shape index (κ1) is 13.4. The van der Waals surface area contributed by atoms with Gasteiger partial charge in [0.05, 0.1) is 18.3 Å². The molecule has 1 amide bonds. The van der Waals surface area contributed by atoms with Crippen molar-refractivity contribution in [3.05, 3.63) is 23.7 Å². The number of hydrogen-bond donors (Lipinski definition) is 2. The number of carbonyl (C=O) groups excluding carboxylic acids is 1. The maximum atomic E-state index is 10.9. The lowest BCUT2D eigenvalue weighted by molar-refractivity contribution is 0.00528. The Hall–Kier alpha value is -2.02. The Balaban J connectivity index is 1.94. The molecule has 2 rings (SSSR count). The van der Waals surface area contributed by atoms with Crippen LogP contribution in [0.15, 0.2) is 21.7 Å². The molecule has 1 aliphatic rings. The van der Waals surface area contributed by atoms with E-state index in [4.69, 9.17) is 20.6 Å². The molecule has 0 bridgehead atoms. The Labute approximate surface area is 111 Å². The molecule has 104 valence electrons. The summed E-state index contributed by atoms with van der Waals surface area (Å²) in [5.41, 5.74) is 11.4. The lowest BCUT2D eigenvalue weighted by atomic mass is 10.3. The number of guanidine groups is 1. The molecular formula is C12H18N4O3. The molecule has 4 N–H and O–H groups in total. The molecule has 19 heavy (non-hydrogen) atoms. The first-order chi connectivity index (χ1) is 9.06. The van der Waals surface area contributed by atoms with Crippen LogP contribution in [0.4, 0.5) is 0 Å². The lowest BCUT2D eigenvalue weighted by Gasteiger charge is -2.31. The third-order valence-electron chi connectivity index (χ3n) is 2.90. The van der Waals surface area contributed by atoms with Crippen molar-refractivity contribution >= 4 is 11.9 Å². The van der Waals surface area contributed by atoms with Crippen molar-refractivity contribution in [2.45, 2.75) is 19.6 Å². The van der Waals surface area contributed by atoms with Crippen LogP contribution in [0.3, 0.4) is 0 Å². The number of rotatable bonds is 3. The Morgan fingerprint density at radius 1 is 1.58 bits per heavy atom. The average molecular weight is 266 g/mol. The van der Waals surface area contributed by atoms with E-state index in [9.17, 15) is 4.79 Å². The number of nitrogens with zero attached hydrogens (tertiary/aromatic N) is 2. The fourth-order valence-corrected chi connectivity index (χ4v) is 1.88. The monoisotopic (exact) mass is 266 g/mol. The second-order valence-electron chi connectivity index (χ2n) is 4.47. The highest BCUT2D eigenvalue weighted by atomic mass is 16.5. The summed E-state index contributed by atoms with van der Waals surface area (Å²) in [6.45, 7) is 4.37. The predicted octanol–water partition coefficient (Wildman–Crippen LogP) is -0.0861. The SMILES string of the molecule is CC1CN(C(N)=NCc2cc(C(N)=O)co2)CCO1. The van der Waals surface area contributed by atoms with Crippen molar-refractivity contribution < 1.29 is 13.9 Å². The van der Waals surface area contributed by atoms with Crippen LogP contribution in [0.5, 0.6) is 0 Å². The maximum absolute atomic E-state index is 10.9. The summed E-state index contributed by atoms with van der Waals surface area (Å²) in [7, 11) is 0. The summed E-state index contributed by atoms with van der Waals surface area (Å²) in [6, 6.07) is 1.57. The molecule has 7 nitrogen and oxygen atoms in total. The summed E-state index contributed by atoms with van der Waals surface area (Å²) in [4.78, 5) is 17.1. The van der Waals surface area contributed by atoms with E-state index in [-0.39, 0.29) is 12.6 Å². The maximum Gasteiger partial charge on any atom is 0.251 e. The molecule has 1 aromatic heterocycles. The minimum atomic E-state index is -0.519. The number of carbonyl (C=O) groups is 1. The second-order valence-corrected chi connectivity index (χ2v) is 4.47. The number of aliphatic imine (C=N–C) groups is 1. The van der Waals surface area contributed by atoms with E-state index in [1.807, 2.05) is 11.8 Å². The van der Waals surface area contributed by atoms with Crippen molar-refractivity contribution in [3.63, 3.8) is 0 Å². The van der Waals surface area contributed by atoms with Crippen LogP contribution in [0.1, 0.15) is 23.0 Å². The van der Waals surface area contributed by atoms with Crippen LogP contribution in [0, 0.1) is 0 Å². The van der Waals surface area contributed by atoms with E-state index in [2.05, 4.69) is 4.99 Å². The molecule has 1 saturated heterocycles. The zero-order chi connectivity index (χ0) is 13.8. The highest BCUT2D eigenvalue weighted by molar-refractivity contribution is 5.92. The van der Waals surface area contributed by atoms with Crippen molar-refractivity contribution in [2.75, 3.05) is 19.7 Å². The van der Waals surface area contributed by atoms with Crippen molar-refractivity contribution in [1.29, 1.82) is 0 Å². The molecule has 1 aliphatic heterocycles. The number of ether oxygens (including phenoxy) is 1. The minimum Gasteiger partial charge on any atom is -0.467 e. The quantitative estimate of drug-likeness (QED) is 0.587. The number of primary amides is 1. The summed E-state index contributed by atoms with van der Waals surface area (Å²) in [6.07, 6.45) is 1.47. The Bertz CT molecular complexity index is 483. The van der Waals surface area contributed by atoms with Gasteiger partial charge in [-0.3, -0.25) is 4.79 Å². The Morgan fingerprint density at radius 3 is 3.00 bits per heavy atom.